The van der Waals surface area contributed by atoms with Crippen molar-refractivity contribution in [2.45, 2.75) is 44.2 Å². The molecular weight excluding hydrogens is 309 g/mol. The lowest BCUT2D eigenvalue weighted by molar-refractivity contribution is -0.151. The molecule has 1 unspecified atom stereocenters. The fourth-order valence-electron chi connectivity index (χ4n) is 3.80. The molecule has 2 heterocycles. The molecule has 1 saturated carbocycles. The van der Waals surface area contributed by atoms with Crippen LogP contribution in [0.3, 0.4) is 0 Å². The molecule has 126 valence electrons. The molecule has 1 aliphatic carbocycles. The summed E-state index contributed by atoms with van der Waals surface area (Å²) in [6.07, 6.45) is 4.88. The molecule has 1 fully saturated rings. The van der Waals surface area contributed by atoms with E-state index in [1.54, 1.807) is 25.4 Å². The number of amides is 1. The Morgan fingerprint density at radius 2 is 2.12 bits per heavy atom. The van der Waals surface area contributed by atoms with Crippen LogP contribution in [0.1, 0.15) is 37.6 Å². The number of benzene rings is 1. The van der Waals surface area contributed by atoms with E-state index < -0.39 is 6.10 Å². The van der Waals surface area contributed by atoms with Gasteiger partial charge in [-0.15, -0.1) is 0 Å². The lowest BCUT2D eigenvalue weighted by atomic mass is 9.70. The molecule has 24 heavy (non-hydrogen) atoms. The molecule has 0 bridgehead atoms. The van der Waals surface area contributed by atoms with E-state index in [-0.39, 0.29) is 17.3 Å². The number of rotatable bonds is 3. The van der Waals surface area contributed by atoms with Gasteiger partial charge >= 0.3 is 0 Å². The SMILES string of the molecule is CC(Oc1ccc(F)cc1)C(=O)N1CCc2[nH]cnc2C12CCC2. The summed E-state index contributed by atoms with van der Waals surface area (Å²) in [4.78, 5) is 22.6. The smallest absolute Gasteiger partial charge is 0.264 e. The van der Waals surface area contributed by atoms with Crippen LogP contribution in [-0.4, -0.2) is 33.4 Å². The van der Waals surface area contributed by atoms with Crippen LogP contribution in [0.2, 0.25) is 0 Å². The lowest BCUT2D eigenvalue weighted by Crippen LogP contribution is -2.59. The van der Waals surface area contributed by atoms with Crippen LogP contribution in [-0.2, 0) is 16.8 Å². The van der Waals surface area contributed by atoms with Crippen molar-refractivity contribution in [1.29, 1.82) is 0 Å². The average Bonchev–Trinajstić information content (AvgIpc) is 3.02. The molecule has 1 aromatic carbocycles. The normalized spacial score (nSPS) is 19.5. The number of nitrogens with one attached hydrogen (secondary N) is 1. The predicted molar refractivity (Wildman–Crippen MR) is 86.0 cm³/mol. The number of H-pyrrole nitrogens is 1. The highest BCUT2D eigenvalue weighted by atomic mass is 19.1. The van der Waals surface area contributed by atoms with Gasteiger partial charge in [-0.05, 0) is 50.5 Å². The minimum absolute atomic E-state index is 0.0346. The average molecular weight is 329 g/mol. The van der Waals surface area contributed by atoms with E-state index in [1.165, 1.54) is 12.1 Å². The number of nitrogens with zero attached hydrogens (tertiary/aromatic N) is 2. The Balaban J connectivity index is 1.54. The zero-order valence-electron chi connectivity index (χ0n) is 13.6. The van der Waals surface area contributed by atoms with Crippen molar-refractivity contribution in [2.24, 2.45) is 0 Å². The van der Waals surface area contributed by atoms with Gasteiger partial charge in [-0.3, -0.25) is 4.79 Å². The second-order valence-electron chi connectivity index (χ2n) is 6.57. The van der Waals surface area contributed by atoms with Gasteiger partial charge < -0.3 is 14.6 Å². The van der Waals surface area contributed by atoms with Crippen LogP contribution in [0.5, 0.6) is 5.75 Å². The Bertz CT molecular complexity index is 752. The zero-order chi connectivity index (χ0) is 16.7. The fraction of sp³-hybridized carbons (Fsp3) is 0.444. The van der Waals surface area contributed by atoms with Gasteiger partial charge in [-0.25, -0.2) is 9.37 Å². The molecule has 4 rings (SSSR count). The summed E-state index contributed by atoms with van der Waals surface area (Å²) < 4.78 is 18.7. The molecule has 5 nitrogen and oxygen atoms in total. The van der Waals surface area contributed by atoms with Crippen molar-refractivity contribution in [3.05, 3.63) is 47.8 Å². The van der Waals surface area contributed by atoms with Crippen molar-refractivity contribution in [3.8, 4) is 5.75 Å². The number of hydrogen-bond acceptors (Lipinski definition) is 3. The number of carbonyl (C=O) groups excluding carboxylic acids is 1. The largest absolute Gasteiger partial charge is 0.481 e. The molecule has 0 radical (unpaired) electrons. The third-order valence-electron chi connectivity index (χ3n) is 5.18. The van der Waals surface area contributed by atoms with Crippen LogP contribution >= 0.6 is 0 Å². The Hall–Kier alpha value is -2.37. The maximum Gasteiger partial charge on any atom is 0.264 e. The van der Waals surface area contributed by atoms with E-state index in [2.05, 4.69) is 9.97 Å². The number of imidazole rings is 1. The molecule has 1 aliphatic heterocycles. The van der Waals surface area contributed by atoms with Crippen molar-refractivity contribution in [3.63, 3.8) is 0 Å². The van der Waals surface area contributed by atoms with Gasteiger partial charge in [0.25, 0.3) is 5.91 Å². The monoisotopic (exact) mass is 329 g/mol. The molecule has 6 heteroatoms. The summed E-state index contributed by atoms with van der Waals surface area (Å²) in [7, 11) is 0. The standard InChI is InChI=1S/C18H20FN3O2/c1-12(24-14-5-3-13(19)4-6-14)17(23)22-10-7-15-16(21-11-20-15)18(22)8-2-9-18/h3-6,11-12H,2,7-10H2,1H3,(H,20,21). The van der Waals surface area contributed by atoms with Crippen LogP contribution < -0.4 is 4.74 Å². The minimum atomic E-state index is -0.617. The molecule has 1 aromatic heterocycles. The molecule has 1 N–H and O–H groups in total. The van der Waals surface area contributed by atoms with E-state index >= 15 is 0 Å². The predicted octanol–water partition coefficient (Wildman–Crippen LogP) is 2.78. The minimum Gasteiger partial charge on any atom is -0.481 e. The maximum atomic E-state index is 13.0. The molecule has 1 spiro atoms. The zero-order valence-corrected chi connectivity index (χ0v) is 13.6. The van der Waals surface area contributed by atoms with Gasteiger partial charge in [0, 0.05) is 18.7 Å². The first-order valence-corrected chi connectivity index (χ1v) is 8.36. The number of carbonyl (C=O) groups is 1. The number of hydrogen-bond donors (Lipinski definition) is 1. The number of fused-ring (bicyclic) bond motifs is 2. The Labute approximate surface area is 139 Å². The number of aromatic nitrogens is 2. The van der Waals surface area contributed by atoms with E-state index in [1.807, 2.05) is 4.90 Å². The van der Waals surface area contributed by atoms with Crippen molar-refractivity contribution in [1.82, 2.24) is 14.9 Å². The molecule has 2 aliphatic rings. The van der Waals surface area contributed by atoms with Gasteiger partial charge in [0.1, 0.15) is 11.6 Å². The highest BCUT2D eigenvalue weighted by Gasteiger charge is 2.51. The van der Waals surface area contributed by atoms with E-state index in [9.17, 15) is 9.18 Å². The second kappa shape index (κ2) is 5.61. The summed E-state index contributed by atoms with van der Waals surface area (Å²) in [6.45, 7) is 2.42. The van der Waals surface area contributed by atoms with Gasteiger partial charge in [0.2, 0.25) is 0 Å². The Morgan fingerprint density at radius 1 is 1.38 bits per heavy atom. The highest BCUT2D eigenvalue weighted by Crippen LogP contribution is 2.49. The summed E-state index contributed by atoms with van der Waals surface area (Å²) in [5, 5.41) is 0. The summed E-state index contributed by atoms with van der Waals surface area (Å²) >= 11 is 0. The van der Waals surface area contributed by atoms with E-state index in [4.69, 9.17) is 4.74 Å². The van der Waals surface area contributed by atoms with Crippen molar-refractivity contribution in [2.75, 3.05) is 6.54 Å². The number of halogens is 1. The first-order valence-electron chi connectivity index (χ1n) is 8.36. The molecule has 2 aromatic rings. The highest BCUT2D eigenvalue weighted by molar-refractivity contribution is 5.82. The molecular formula is C18H20FN3O2. The molecule has 0 saturated heterocycles. The topological polar surface area (TPSA) is 58.2 Å². The third-order valence-corrected chi connectivity index (χ3v) is 5.18. The van der Waals surface area contributed by atoms with Crippen LogP contribution in [0, 0.1) is 5.82 Å². The van der Waals surface area contributed by atoms with Gasteiger partial charge in [0.15, 0.2) is 6.10 Å². The van der Waals surface area contributed by atoms with Gasteiger partial charge in [-0.2, -0.15) is 0 Å². The number of ether oxygens (including phenoxy) is 1. The van der Waals surface area contributed by atoms with Crippen molar-refractivity contribution < 1.29 is 13.9 Å². The van der Waals surface area contributed by atoms with Crippen LogP contribution in [0.15, 0.2) is 30.6 Å². The third kappa shape index (κ3) is 2.28. The summed E-state index contributed by atoms with van der Waals surface area (Å²) in [5.74, 6) is 0.141. The van der Waals surface area contributed by atoms with Gasteiger partial charge in [-0.1, -0.05) is 0 Å². The van der Waals surface area contributed by atoms with Crippen LogP contribution in [0.25, 0.3) is 0 Å². The van der Waals surface area contributed by atoms with Gasteiger partial charge in [0.05, 0.1) is 17.6 Å². The van der Waals surface area contributed by atoms with Crippen molar-refractivity contribution >= 4 is 5.91 Å². The quantitative estimate of drug-likeness (QED) is 0.942. The number of aromatic amines is 1. The maximum absolute atomic E-state index is 13.0. The Kier molecular flexibility index (Phi) is 3.55. The Morgan fingerprint density at radius 3 is 2.79 bits per heavy atom. The van der Waals surface area contributed by atoms with E-state index in [0.29, 0.717) is 12.3 Å². The lowest BCUT2D eigenvalue weighted by Gasteiger charge is -2.52. The van der Waals surface area contributed by atoms with E-state index in [0.717, 1.165) is 37.1 Å². The first kappa shape index (κ1) is 15.2. The molecule has 1 amide bonds. The second-order valence-corrected chi connectivity index (χ2v) is 6.57. The molecule has 1 atom stereocenters. The summed E-state index contributed by atoms with van der Waals surface area (Å²) in [5.41, 5.74) is 1.89. The first-order chi connectivity index (χ1) is 11.6. The van der Waals surface area contributed by atoms with Crippen LogP contribution in [0.4, 0.5) is 4.39 Å². The fourth-order valence-corrected chi connectivity index (χ4v) is 3.80. The summed E-state index contributed by atoms with van der Waals surface area (Å²) in [6, 6.07) is 5.74.